The van der Waals surface area contributed by atoms with Crippen LogP contribution in [0, 0.1) is 0 Å². The van der Waals surface area contributed by atoms with Gasteiger partial charge in [0.25, 0.3) is 0 Å². The maximum absolute atomic E-state index is 12.0. The fourth-order valence-corrected chi connectivity index (χ4v) is 2.31. The van der Waals surface area contributed by atoms with Gasteiger partial charge >= 0.3 is 0 Å². The minimum Gasteiger partial charge on any atom is -0.497 e. The van der Waals surface area contributed by atoms with Crippen LogP contribution in [0.1, 0.15) is 10.4 Å². The summed E-state index contributed by atoms with van der Waals surface area (Å²) < 4.78 is 6.65. The largest absolute Gasteiger partial charge is 0.497 e. The van der Waals surface area contributed by atoms with E-state index in [9.17, 15) is 4.79 Å². The molecule has 2 aromatic rings. The van der Waals surface area contributed by atoms with E-state index in [0.29, 0.717) is 17.3 Å². The maximum Gasteiger partial charge on any atom is 0.210 e. The number of hydrogen-bond acceptors (Lipinski definition) is 6. The number of rotatable bonds is 7. The monoisotopic (exact) mass is 290 g/mol. The summed E-state index contributed by atoms with van der Waals surface area (Å²) in [6.45, 7) is 4.15. The number of ether oxygens (including phenoxy) is 1. The third-order valence-corrected chi connectivity index (χ3v) is 3.50. The van der Waals surface area contributed by atoms with Gasteiger partial charge in [-0.25, -0.2) is 4.68 Å². The minimum absolute atomic E-state index is 0.0193. The predicted octanol–water partition coefficient (Wildman–Crippen LogP) is 1.84. The van der Waals surface area contributed by atoms with Crippen molar-refractivity contribution in [3.05, 3.63) is 42.5 Å². The number of tetrazole rings is 1. The van der Waals surface area contributed by atoms with Crippen molar-refractivity contribution in [1.82, 2.24) is 20.2 Å². The molecule has 0 unspecified atom stereocenters. The van der Waals surface area contributed by atoms with E-state index >= 15 is 0 Å². The molecule has 0 aliphatic rings. The fraction of sp³-hybridized carbons (Fsp3) is 0.231. The molecule has 0 saturated heterocycles. The average Bonchev–Trinajstić information content (AvgIpc) is 2.92. The SMILES string of the molecule is C=CCn1nnnc1SCC(=O)c1ccc(OC)cc1. The van der Waals surface area contributed by atoms with E-state index in [-0.39, 0.29) is 11.5 Å². The lowest BCUT2D eigenvalue weighted by molar-refractivity contribution is 0.102. The summed E-state index contributed by atoms with van der Waals surface area (Å²) in [4.78, 5) is 12.0. The molecule has 7 heteroatoms. The van der Waals surface area contributed by atoms with E-state index in [4.69, 9.17) is 4.74 Å². The Morgan fingerprint density at radius 2 is 2.20 bits per heavy atom. The summed E-state index contributed by atoms with van der Waals surface area (Å²) in [7, 11) is 1.59. The Labute approximate surface area is 120 Å². The van der Waals surface area contributed by atoms with E-state index in [0.717, 1.165) is 5.75 Å². The Kier molecular flexibility index (Phi) is 4.89. The molecule has 0 aliphatic heterocycles. The zero-order valence-corrected chi connectivity index (χ0v) is 11.8. The molecular weight excluding hydrogens is 276 g/mol. The molecule has 1 aromatic carbocycles. The van der Waals surface area contributed by atoms with Crippen LogP contribution in [0.3, 0.4) is 0 Å². The first-order valence-corrected chi connectivity index (χ1v) is 6.90. The van der Waals surface area contributed by atoms with E-state index in [1.807, 2.05) is 0 Å². The van der Waals surface area contributed by atoms with Crippen molar-refractivity contribution in [2.45, 2.75) is 11.7 Å². The van der Waals surface area contributed by atoms with Crippen LogP contribution in [0.5, 0.6) is 5.75 Å². The van der Waals surface area contributed by atoms with Crippen molar-refractivity contribution >= 4 is 17.5 Å². The maximum atomic E-state index is 12.0. The van der Waals surface area contributed by atoms with Gasteiger partial charge < -0.3 is 4.74 Å². The number of Topliss-reactive ketones (excluding diaryl/α,β-unsaturated/α-hetero) is 1. The number of carbonyl (C=O) groups excluding carboxylic acids is 1. The second kappa shape index (κ2) is 6.85. The molecule has 6 nitrogen and oxygen atoms in total. The molecule has 0 fully saturated rings. The van der Waals surface area contributed by atoms with Crippen molar-refractivity contribution in [3.63, 3.8) is 0 Å². The molecule has 0 amide bonds. The molecule has 104 valence electrons. The van der Waals surface area contributed by atoms with E-state index < -0.39 is 0 Å². The summed E-state index contributed by atoms with van der Waals surface area (Å²) in [5, 5.41) is 11.9. The van der Waals surface area contributed by atoms with Crippen molar-refractivity contribution in [2.24, 2.45) is 0 Å². The second-order valence-corrected chi connectivity index (χ2v) is 4.82. The number of benzene rings is 1. The first-order chi connectivity index (χ1) is 9.74. The van der Waals surface area contributed by atoms with Gasteiger partial charge in [0, 0.05) is 5.56 Å². The number of carbonyl (C=O) groups is 1. The van der Waals surface area contributed by atoms with E-state index in [1.54, 1.807) is 42.1 Å². The highest BCUT2D eigenvalue weighted by atomic mass is 32.2. The Morgan fingerprint density at radius 3 is 2.85 bits per heavy atom. The van der Waals surface area contributed by atoms with Gasteiger partial charge in [0.05, 0.1) is 19.4 Å². The van der Waals surface area contributed by atoms with Gasteiger partial charge in [-0.15, -0.1) is 11.7 Å². The Balaban J connectivity index is 1.97. The third-order valence-electron chi connectivity index (χ3n) is 2.55. The van der Waals surface area contributed by atoms with Crippen LogP contribution >= 0.6 is 11.8 Å². The molecular formula is C13H14N4O2S. The highest BCUT2D eigenvalue weighted by Crippen LogP contribution is 2.17. The summed E-state index contributed by atoms with van der Waals surface area (Å²) >= 11 is 1.30. The van der Waals surface area contributed by atoms with Gasteiger partial charge in [-0.05, 0) is 34.7 Å². The van der Waals surface area contributed by atoms with Gasteiger partial charge in [-0.1, -0.05) is 17.8 Å². The minimum atomic E-state index is 0.0193. The molecule has 20 heavy (non-hydrogen) atoms. The molecule has 0 atom stereocenters. The van der Waals surface area contributed by atoms with Crippen LogP contribution in [0.2, 0.25) is 0 Å². The van der Waals surface area contributed by atoms with Crippen molar-refractivity contribution in [3.8, 4) is 5.75 Å². The number of allylic oxidation sites excluding steroid dienone is 1. The number of hydrogen-bond donors (Lipinski definition) is 0. The molecule has 2 rings (SSSR count). The number of ketones is 1. The predicted molar refractivity (Wildman–Crippen MR) is 76.1 cm³/mol. The van der Waals surface area contributed by atoms with Crippen LogP contribution in [0.25, 0.3) is 0 Å². The standard InChI is InChI=1S/C13H14N4O2S/c1-3-8-17-13(14-15-16-17)20-9-12(18)10-4-6-11(19-2)7-5-10/h3-7H,1,8-9H2,2H3. The molecule has 1 heterocycles. The lowest BCUT2D eigenvalue weighted by Gasteiger charge is -2.03. The van der Waals surface area contributed by atoms with Gasteiger partial charge in [0.15, 0.2) is 5.78 Å². The summed E-state index contributed by atoms with van der Waals surface area (Å²) in [5.74, 6) is 1.03. The van der Waals surface area contributed by atoms with Gasteiger partial charge in [0.1, 0.15) is 5.75 Å². The molecule has 0 bridgehead atoms. The Bertz CT molecular complexity index is 595. The molecule has 1 aromatic heterocycles. The first kappa shape index (κ1) is 14.3. The van der Waals surface area contributed by atoms with Crippen LogP contribution in [0.4, 0.5) is 0 Å². The van der Waals surface area contributed by atoms with Gasteiger partial charge in [-0.3, -0.25) is 4.79 Å². The fourth-order valence-electron chi connectivity index (χ4n) is 1.53. The summed E-state index contributed by atoms with van der Waals surface area (Å²) in [5.41, 5.74) is 0.640. The summed E-state index contributed by atoms with van der Waals surface area (Å²) in [6, 6.07) is 7.02. The molecule has 0 spiro atoms. The topological polar surface area (TPSA) is 69.9 Å². The van der Waals surface area contributed by atoms with Crippen molar-refractivity contribution in [2.75, 3.05) is 12.9 Å². The van der Waals surface area contributed by atoms with Crippen LogP contribution in [-0.2, 0) is 6.54 Å². The third kappa shape index (κ3) is 3.45. The van der Waals surface area contributed by atoms with Gasteiger partial charge in [0.2, 0.25) is 5.16 Å². The zero-order valence-electron chi connectivity index (χ0n) is 11.0. The van der Waals surface area contributed by atoms with Crippen molar-refractivity contribution in [1.29, 1.82) is 0 Å². The molecule has 0 radical (unpaired) electrons. The smallest absolute Gasteiger partial charge is 0.210 e. The highest BCUT2D eigenvalue weighted by molar-refractivity contribution is 7.99. The Hall–Kier alpha value is -2.15. The number of methoxy groups -OCH3 is 1. The number of thioether (sulfide) groups is 1. The van der Waals surface area contributed by atoms with Crippen LogP contribution in [0.15, 0.2) is 42.1 Å². The second-order valence-electron chi connectivity index (χ2n) is 3.87. The lowest BCUT2D eigenvalue weighted by atomic mass is 10.1. The lowest BCUT2D eigenvalue weighted by Crippen LogP contribution is -2.05. The number of aromatic nitrogens is 4. The Morgan fingerprint density at radius 1 is 1.45 bits per heavy atom. The van der Waals surface area contributed by atoms with E-state index in [2.05, 4.69) is 22.1 Å². The average molecular weight is 290 g/mol. The van der Waals surface area contributed by atoms with E-state index in [1.165, 1.54) is 11.8 Å². The zero-order chi connectivity index (χ0) is 14.4. The quantitative estimate of drug-likeness (QED) is 0.440. The molecule has 0 N–H and O–H groups in total. The van der Waals surface area contributed by atoms with Crippen LogP contribution in [-0.4, -0.2) is 38.9 Å². The molecule has 0 saturated carbocycles. The molecule has 0 aliphatic carbocycles. The normalized spacial score (nSPS) is 10.2. The van der Waals surface area contributed by atoms with Crippen LogP contribution < -0.4 is 4.74 Å². The van der Waals surface area contributed by atoms with Gasteiger partial charge in [-0.2, -0.15) is 0 Å². The number of nitrogens with zero attached hydrogens (tertiary/aromatic N) is 4. The summed E-state index contributed by atoms with van der Waals surface area (Å²) in [6.07, 6.45) is 1.70. The highest BCUT2D eigenvalue weighted by Gasteiger charge is 2.11. The first-order valence-electron chi connectivity index (χ1n) is 5.91. The van der Waals surface area contributed by atoms with Crippen molar-refractivity contribution < 1.29 is 9.53 Å².